The second-order valence-electron chi connectivity index (χ2n) is 3.97. The quantitative estimate of drug-likeness (QED) is 0.784. The number of halogens is 2. The van der Waals surface area contributed by atoms with Crippen LogP contribution in [0.1, 0.15) is 13.3 Å². The van der Waals surface area contributed by atoms with E-state index >= 15 is 0 Å². The highest BCUT2D eigenvalue weighted by molar-refractivity contribution is 7.99. The van der Waals surface area contributed by atoms with Crippen LogP contribution in [0.3, 0.4) is 0 Å². The molecule has 18 heavy (non-hydrogen) atoms. The van der Waals surface area contributed by atoms with Crippen molar-refractivity contribution in [1.29, 1.82) is 0 Å². The average molecular weight is 274 g/mol. The summed E-state index contributed by atoms with van der Waals surface area (Å²) >= 11 is 0.419. The van der Waals surface area contributed by atoms with Crippen LogP contribution in [-0.2, 0) is 4.79 Å². The summed E-state index contributed by atoms with van der Waals surface area (Å²) in [6.45, 7) is 2.28. The third-order valence-electron chi connectivity index (χ3n) is 2.31. The minimum absolute atomic E-state index is 0.0694. The number of para-hydroxylation sites is 1. The lowest BCUT2D eigenvalue weighted by molar-refractivity contribution is -0.116. The molecule has 3 N–H and O–H groups in total. The zero-order valence-electron chi connectivity index (χ0n) is 10.0. The van der Waals surface area contributed by atoms with Gasteiger partial charge in [0.15, 0.2) is 0 Å². The SMILES string of the molecule is CC(CN)CC(=O)Nc1ccccc1SC(F)F. The van der Waals surface area contributed by atoms with Gasteiger partial charge in [0, 0.05) is 11.3 Å². The number of rotatable bonds is 6. The van der Waals surface area contributed by atoms with Gasteiger partial charge in [0.2, 0.25) is 5.91 Å². The molecule has 3 nitrogen and oxygen atoms in total. The normalized spacial score (nSPS) is 12.5. The molecule has 1 unspecified atom stereocenters. The second kappa shape index (κ2) is 7.33. The van der Waals surface area contributed by atoms with Crippen LogP contribution in [0, 0.1) is 5.92 Å². The van der Waals surface area contributed by atoms with E-state index in [0.717, 1.165) is 0 Å². The van der Waals surface area contributed by atoms with Crippen molar-refractivity contribution in [3.05, 3.63) is 24.3 Å². The maximum absolute atomic E-state index is 12.3. The summed E-state index contributed by atoms with van der Waals surface area (Å²) in [5.41, 5.74) is 5.84. The fourth-order valence-corrected chi connectivity index (χ4v) is 1.96. The molecule has 1 aromatic carbocycles. The molecule has 0 fully saturated rings. The van der Waals surface area contributed by atoms with Crippen molar-refractivity contribution in [2.45, 2.75) is 24.0 Å². The molecule has 1 rings (SSSR count). The van der Waals surface area contributed by atoms with Crippen LogP contribution in [0.4, 0.5) is 14.5 Å². The van der Waals surface area contributed by atoms with E-state index in [-0.39, 0.29) is 18.2 Å². The molecule has 6 heteroatoms. The summed E-state index contributed by atoms with van der Waals surface area (Å²) in [5.74, 6) is -2.65. The van der Waals surface area contributed by atoms with E-state index < -0.39 is 5.76 Å². The third kappa shape index (κ3) is 5.01. The molecule has 0 saturated heterocycles. The van der Waals surface area contributed by atoms with Crippen molar-refractivity contribution >= 4 is 23.4 Å². The Morgan fingerprint density at radius 3 is 2.72 bits per heavy atom. The summed E-state index contributed by atoms with van der Waals surface area (Å²) in [5, 5.41) is 2.63. The van der Waals surface area contributed by atoms with Crippen molar-refractivity contribution in [1.82, 2.24) is 0 Å². The molecule has 0 aliphatic rings. The Hall–Kier alpha value is -1.14. The maximum atomic E-state index is 12.3. The first-order valence-electron chi connectivity index (χ1n) is 5.56. The van der Waals surface area contributed by atoms with Crippen LogP contribution in [0.5, 0.6) is 0 Å². The van der Waals surface area contributed by atoms with Gasteiger partial charge >= 0.3 is 0 Å². The van der Waals surface area contributed by atoms with Crippen molar-refractivity contribution in [3.63, 3.8) is 0 Å². The Bertz CT molecular complexity index is 401. The Labute approximate surface area is 109 Å². The molecule has 1 amide bonds. The van der Waals surface area contributed by atoms with E-state index in [4.69, 9.17) is 5.73 Å². The van der Waals surface area contributed by atoms with E-state index in [9.17, 15) is 13.6 Å². The lowest BCUT2D eigenvalue weighted by Gasteiger charge is -2.12. The highest BCUT2D eigenvalue weighted by atomic mass is 32.2. The van der Waals surface area contributed by atoms with Gasteiger partial charge in [0.05, 0.1) is 5.69 Å². The summed E-state index contributed by atoms with van der Waals surface area (Å²) in [4.78, 5) is 12.0. The van der Waals surface area contributed by atoms with Crippen LogP contribution in [0.2, 0.25) is 0 Å². The topological polar surface area (TPSA) is 55.1 Å². The molecule has 0 aliphatic heterocycles. The van der Waals surface area contributed by atoms with Crippen molar-refractivity contribution < 1.29 is 13.6 Å². The van der Waals surface area contributed by atoms with Gasteiger partial charge in [-0.15, -0.1) is 0 Å². The van der Waals surface area contributed by atoms with Crippen molar-refractivity contribution in [2.75, 3.05) is 11.9 Å². The number of carbonyl (C=O) groups excluding carboxylic acids is 1. The Morgan fingerprint density at radius 2 is 2.11 bits per heavy atom. The number of nitrogens with one attached hydrogen (secondary N) is 1. The molecular formula is C12H16F2N2OS. The van der Waals surface area contributed by atoms with Crippen molar-refractivity contribution in [2.24, 2.45) is 11.7 Å². The zero-order valence-corrected chi connectivity index (χ0v) is 10.8. The van der Waals surface area contributed by atoms with E-state index in [2.05, 4.69) is 5.32 Å². The minimum atomic E-state index is -2.51. The Balaban J connectivity index is 2.68. The number of amides is 1. The van der Waals surface area contributed by atoms with E-state index in [1.54, 1.807) is 24.3 Å². The monoisotopic (exact) mass is 274 g/mol. The van der Waals surface area contributed by atoms with Gasteiger partial charge in [0.1, 0.15) is 0 Å². The summed E-state index contributed by atoms with van der Waals surface area (Å²) in [7, 11) is 0. The number of hydrogen-bond donors (Lipinski definition) is 2. The number of hydrogen-bond acceptors (Lipinski definition) is 3. The predicted octanol–water partition coefficient (Wildman–Crippen LogP) is 2.92. The number of nitrogens with two attached hydrogens (primary N) is 1. The molecule has 0 bridgehead atoms. The van der Waals surface area contributed by atoms with Gasteiger partial charge in [-0.05, 0) is 24.6 Å². The second-order valence-corrected chi connectivity index (χ2v) is 5.00. The zero-order chi connectivity index (χ0) is 13.5. The van der Waals surface area contributed by atoms with Gasteiger partial charge in [-0.1, -0.05) is 30.8 Å². The molecule has 0 spiro atoms. The largest absolute Gasteiger partial charge is 0.330 e. The molecule has 100 valence electrons. The fraction of sp³-hybridized carbons (Fsp3) is 0.417. The van der Waals surface area contributed by atoms with Crippen LogP contribution in [-0.4, -0.2) is 18.2 Å². The van der Waals surface area contributed by atoms with Crippen LogP contribution in [0.15, 0.2) is 29.2 Å². The summed E-state index contributed by atoms with van der Waals surface area (Å²) in [6, 6.07) is 6.51. The van der Waals surface area contributed by atoms with Gasteiger partial charge in [0.25, 0.3) is 5.76 Å². The number of alkyl halides is 2. The third-order valence-corrected chi connectivity index (χ3v) is 3.10. The maximum Gasteiger partial charge on any atom is 0.288 e. The van der Waals surface area contributed by atoms with Gasteiger partial charge in [-0.25, -0.2) is 0 Å². The van der Waals surface area contributed by atoms with Gasteiger partial charge in [-0.3, -0.25) is 4.79 Å². The molecule has 0 radical (unpaired) electrons. The average Bonchev–Trinajstić information content (AvgIpc) is 2.30. The highest BCUT2D eigenvalue weighted by Crippen LogP contribution is 2.31. The van der Waals surface area contributed by atoms with E-state index in [0.29, 0.717) is 28.9 Å². The number of carbonyl (C=O) groups is 1. The molecule has 0 aromatic heterocycles. The molecule has 1 aromatic rings. The molecule has 1 atom stereocenters. The molecule has 0 aliphatic carbocycles. The predicted molar refractivity (Wildman–Crippen MR) is 69.8 cm³/mol. The standard InChI is InChI=1S/C12H16F2N2OS/c1-8(7-15)6-11(17)16-9-4-2-3-5-10(9)18-12(13)14/h2-5,8,12H,6-7,15H2,1H3,(H,16,17). The van der Waals surface area contributed by atoms with Crippen LogP contribution in [0.25, 0.3) is 0 Å². The van der Waals surface area contributed by atoms with Crippen LogP contribution < -0.4 is 11.1 Å². The smallest absolute Gasteiger partial charge is 0.288 e. The van der Waals surface area contributed by atoms with Crippen LogP contribution >= 0.6 is 11.8 Å². The van der Waals surface area contributed by atoms with E-state index in [1.807, 2.05) is 6.92 Å². The van der Waals surface area contributed by atoms with Crippen molar-refractivity contribution in [3.8, 4) is 0 Å². The Morgan fingerprint density at radius 1 is 1.44 bits per heavy atom. The van der Waals surface area contributed by atoms with E-state index in [1.165, 1.54) is 0 Å². The summed E-state index contributed by atoms with van der Waals surface area (Å²) < 4.78 is 24.7. The van der Waals surface area contributed by atoms with Gasteiger partial charge in [-0.2, -0.15) is 8.78 Å². The lowest BCUT2D eigenvalue weighted by Crippen LogP contribution is -2.20. The highest BCUT2D eigenvalue weighted by Gasteiger charge is 2.13. The minimum Gasteiger partial charge on any atom is -0.330 e. The lowest BCUT2D eigenvalue weighted by atomic mass is 10.1. The Kier molecular flexibility index (Phi) is 6.07. The molecular weight excluding hydrogens is 258 g/mol. The fourth-order valence-electron chi connectivity index (χ4n) is 1.37. The van der Waals surface area contributed by atoms with Gasteiger partial charge < -0.3 is 11.1 Å². The number of thioether (sulfide) groups is 1. The molecule has 0 heterocycles. The first kappa shape index (κ1) is 14.9. The first-order chi connectivity index (χ1) is 8.52. The number of benzene rings is 1. The summed E-state index contributed by atoms with van der Waals surface area (Å²) in [6.07, 6.45) is 0.282. The molecule has 0 saturated carbocycles. The number of anilines is 1. The first-order valence-corrected chi connectivity index (χ1v) is 6.44.